The minimum absolute atomic E-state index is 0.158. The Balaban J connectivity index is 2.13. The van der Waals surface area contributed by atoms with E-state index in [1.807, 2.05) is 32.0 Å². The van der Waals surface area contributed by atoms with Crippen LogP contribution in [0.5, 0.6) is 5.75 Å². The molecular formula is C23H26N2O4S. The number of fused-ring (bicyclic) bond motifs is 1. The van der Waals surface area contributed by atoms with E-state index >= 15 is 0 Å². The van der Waals surface area contributed by atoms with E-state index in [9.17, 15) is 4.79 Å². The second-order valence-electron chi connectivity index (χ2n) is 6.79. The zero-order chi connectivity index (χ0) is 22.0. The standard InChI is InChI=1S/C23H26N2O4S/c1-6-11-28-16-23(4,15-27-8-3)25-21(26)22(30-5)29-19-9-10-20-18(13-19)12-17(7-2)14-24-20/h1-2,9-10,12-14,22H,8,11,15-16H2,3-5H3,(H,25,26). The molecule has 2 unspecified atom stereocenters. The van der Waals surface area contributed by atoms with E-state index in [4.69, 9.17) is 27.1 Å². The first-order chi connectivity index (χ1) is 14.4. The first-order valence-corrected chi connectivity index (χ1v) is 10.7. The number of rotatable bonds is 11. The molecule has 1 aromatic heterocycles. The Morgan fingerprint density at radius 2 is 2.07 bits per heavy atom. The van der Waals surface area contributed by atoms with Crippen LogP contribution in [0.3, 0.4) is 0 Å². The Bertz CT molecular complexity index is 950. The maximum atomic E-state index is 12.9. The predicted octanol–water partition coefficient (Wildman–Crippen LogP) is 2.85. The fraction of sp³-hybridized carbons (Fsp3) is 0.391. The summed E-state index contributed by atoms with van der Waals surface area (Å²) in [6.45, 7) is 4.92. The van der Waals surface area contributed by atoms with Gasteiger partial charge in [0.25, 0.3) is 5.91 Å². The van der Waals surface area contributed by atoms with Crippen LogP contribution in [-0.4, -0.2) is 54.5 Å². The van der Waals surface area contributed by atoms with Crippen molar-refractivity contribution >= 4 is 28.6 Å². The number of ether oxygens (including phenoxy) is 3. The largest absolute Gasteiger partial charge is 0.470 e. The first kappa shape index (κ1) is 23.6. The molecule has 2 aromatic rings. The van der Waals surface area contributed by atoms with Crippen molar-refractivity contribution in [3.63, 3.8) is 0 Å². The zero-order valence-electron chi connectivity index (χ0n) is 17.4. The van der Waals surface area contributed by atoms with Crippen LogP contribution in [0, 0.1) is 24.7 Å². The molecule has 158 valence electrons. The first-order valence-electron chi connectivity index (χ1n) is 9.41. The summed E-state index contributed by atoms with van der Waals surface area (Å²) in [5, 5.41) is 3.81. The Morgan fingerprint density at radius 1 is 1.30 bits per heavy atom. The van der Waals surface area contributed by atoms with Crippen molar-refractivity contribution < 1.29 is 19.0 Å². The van der Waals surface area contributed by atoms with Crippen LogP contribution in [0.25, 0.3) is 10.9 Å². The molecule has 0 radical (unpaired) electrons. The van der Waals surface area contributed by atoms with Gasteiger partial charge in [-0.25, -0.2) is 0 Å². The smallest absolute Gasteiger partial charge is 0.272 e. The van der Waals surface area contributed by atoms with Gasteiger partial charge in [0, 0.05) is 23.8 Å². The van der Waals surface area contributed by atoms with E-state index in [0.29, 0.717) is 17.9 Å². The zero-order valence-corrected chi connectivity index (χ0v) is 18.3. The molecule has 6 nitrogen and oxygen atoms in total. The highest BCUT2D eigenvalue weighted by Gasteiger charge is 2.31. The molecule has 0 fully saturated rings. The lowest BCUT2D eigenvalue weighted by Gasteiger charge is -2.31. The van der Waals surface area contributed by atoms with Crippen LogP contribution in [0.15, 0.2) is 30.5 Å². The molecule has 30 heavy (non-hydrogen) atoms. The van der Waals surface area contributed by atoms with Gasteiger partial charge in [-0.05, 0) is 44.4 Å². The van der Waals surface area contributed by atoms with Gasteiger partial charge in [-0.1, -0.05) is 11.8 Å². The van der Waals surface area contributed by atoms with Gasteiger partial charge >= 0.3 is 0 Å². The number of benzene rings is 1. The number of carbonyl (C=O) groups is 1. The van der Waals surface area contributed by atoms with Crippen LogP contribution >= 0.6 is 11.8 Å². The fourth-order valence-electron chi connectivity index (χ4n) is 2.73. The van der Waals surface area contributed by atoms with Crippen LogP contribution in [0.4, 0.5) is 0 Å². The Labute approximate surface area is 182 Å². The molecule has 0 saturated carbocycles. The van der Waals surface area contributed by atoms with Gasteiger partial charge in [-0.2, -0.15) is 0 Å². The van der Waals surface area contributed by atoms with Gasteiger partial charge in [0.2, 0.25) is 5.44 Å². The van der Waals surface area contributed by atoms with Gasteiger partial charge in [0.15, 0.2) is 0 Å². The minimum Gasteiger partial charge on any atom is -0.470 e. The van der Waals surface area contributed by atoms with E-state index in [2.05, 4.69) is 22.1 Å². The normalized spacial score (nSPS) is 13.6. The summed E-state index contributed by atoms with van der Waals surface area (Å²) >= 11 is 1.28. The number of thioether (sulfide) groups is 1. The number of amides is 1. The molecule has 2 atom stereocenters. The molecule has 0 aliphatic heterocycles. The Kier molecular flexibility index (Phi) is 9.01. The fourth-order valence-corrected chi connectivity index (χ4v) is 3.21. The van der Waals surface area contributed by atoms with E-state index in [-0.39, 0.29) is 25.7 Å². The molecule has 2 rings (SSSR count). The quantitative estimate of drug-likeness (QED) is 0.339. The summed E-state index contributed by atoms with van der Waals surface area (Å²) in [7, 11) is 0. The average Bonchev–Trinajstić information content (AvgIpc) is 2.75. The van der Waals surface area contributed by atoms with E-state index in [1.54, 1.807) is 18.5 Å². The molecule has 1 amide bonds. The van der Waals surface area contributed by atoms with E-state index in [1.165, 1.54) is 11.8 Å². The summed E-state index contributed by atoms with van der Waals surface area (Å²) in [4.78, 5) is 17.2. The predicted molar refractivity (Wildman–Crippen MR) is 120 cm³/mol. The number of hydrogen-bond acceptors (Lipinski definition) is 6. The highest BCUT2D eigenvalue weighted by molar-refractivity contribution is 7.99. The Hall–Kier alpha value is -2.71. The summed E-state index contributed by atoms with van der Waals surface area (Å²) in [6, 6.07) is 7.27. The number of terminal acetylenes is 2. The number of nitrogens with zero attached hydrogens (tertiary/aromatic N) is 1. The molecule has 1 N–H and O–H groups in total. The monoisotopic (exact) mass is 426 g/mol. The van der Waals surface area contributed by atoms with E-state index in [0.717, 1.165) is 10.9 Å². The van der Waals surface area contributed by atoms with Crippen LogP contribution in [0.1, 0.15) is 19.4 Å². The van der Waals surface area contributed by atoms with Gasteiger partial charge in [0.1, 0.15) is 12.4 Å². The minimum atomic E-state index is -0.764. The molecule has 0 aliphatic carbocycles. The van der Waals surface area contributed by atoms with Crippen molar-refractivity contribution in [2.24, 2.45) is 0 Å². The summed E-state index contributed by atoms with van der Waals surface area (Å²) in [5.74, 6) is 5.24. The molecule has 1 aromatic carbocycles. The molecule has 0 bridgehead atoms. The summed E-state index contributed by atoms with van der Waals surface area (Å²) in [5.41, 5.74) is -0.0326. The average molecular weight is 427 g/mol. The van der Waals surface area contributed by atoms with Crippen molar-refractivity contribution in [2.45, 2.75) is 24.8 Å². The van der Waals surface area contributed by atoms with Crippen molar-refractivity contribution in [1.29, 1.82) is 0 Å². The Morgan fingerprint density at radius 3 is 2.73 bits per heavy atom. The maximum Gasteiger partial charge on any atom is 0.272 e. The number of aromatic nitrogens is 1. The third-order valence-corrected chi connectivity index (χ3v) is 4.88. The summed E-state index contributed by atoms with van der Waals surface area (Å²) < 4.78 is 16.9. The van der Waals surface area contributed by atoms with Crippen molar-refractivity contribution in [3.05, 3.63) is 36.0 Å². The van der Waals surface area contributed by atoms with Crippen LogP contribution < -0.4 is 10.1 Å². The molecule has 0 saturated heterocycles. The lowest BCUT2D eigenvalue weighted by molar-refractivity contribution is -0.128. The third-order valence-electron chi connectivity index (χ3n) is 4.15. The van der Waals surface area contributed by atoms with Crippen LogP contribution in [0.2, 0.25) is 0 Å². The topological polar surface area (TPSA) is 69.7 Å². The van der Waals surface area contributed by atoms with E-state index < -0.39 is 11.0 Å². The van der Waals surface area contributed by atoms with Crippen molar-refractivity contribution in [3.8, 4) is 30.4 Å². The van der Waals surface area contributed by atoms with Gasteiger partial charge in [-0.3, -0.25) is 9.78 Å². The third kappa shape index (κ3) is 6.67. The lowest BCUT2D eigenvalue weighted by atomic mass is 10.1. The molecule has 1 heterocycles. The molecule has 0 spiro atoms. The molecule has 7 heteroatoms. The second-order valence-corrected chi connectivity index (χ2v) is 7.69. The number of hydrogen-bond donors (Lipinski definition) is 1. The molecular weight excluding hydrogens is 400 g/mol. The number of carbonyl (C=O) groups excluding carboxylic acids is 1. The van der Waals surface area contributed by atoms with Crippen LogP contribution in [-0.2, 0) is 14.3 Å². The van der Waals surface area contributed by atoms with Crippen molar-refractivity contribution in [1.82, 2.24) is 10.3 Å². The highest BCUT2D eigenvalue weighted by Crippen LogP contribution is 2.23. The van der Waals surface area contributed by atoms with Gasteiger partial charge < -0.3 is 19.5 Å². The van der Waals surface area contributed by atoms with Crippen molar-refractivity contribution in [2.75, 3.05) is 32.7 Å². The second kappa shape index (κ2) is 11.5. The summed E-state index contributed by atoms with van der Waals surface area (Å²) in [6.07, 6.45) is 14.1. The highest BCUT2D eigenvalue weighted by atomic mass is 32.2. The molecule has 0 aliphatic rings. The maximum absolute atomic E-state index is 12.9. The lowest BCUT2D eigenvalue weighted by Crippen LogP contribution is -2.55. The number of nitrogens with one attached hydrogen (secondary N) is 1. The van der Waals surface area contributed by atoms with Gasteiger partial charge in [0.05, 0.1) is 24.3 Å². The van der Waals surface area contributed by atoms with Gasteiger partial charge in [-0.15, -0.1) is 24.6 Å². The number of pyridine rings is 1. The SMILES string of the molecule is C#CCOCC(C)(COCC)NC(=O)C(Oc1ccc2ncc(C#C)cc2c1)SC.